The van der Waals surface area contributed by atoms with Gasteiger partial charge in [-0.1, -0.05) is 30.2 Å². The summed E-state index contributed by atoms with van der Waals surface area (Å²) in [5.74, 6) is 0.854. The van der Waals surface area contributed by atoms with Gasteiger partial charge in [-0.15, -0.1) is 0 Å². The van der Waals surface area contributed by atoms with Crippen LogP contribution in [0.15, 0.2) is 48.5 Å². The fourth-order valence-electron chi connectivity index (χ4n) is 5.02. The average molecular weight is 452 g/mol. The van der Waals surface area contributed by atoms with E-state index in [1.807, 2.05) is 19.1 Å². The van der Waals surface area contributed by atoms with Gasteiger partial charge >= 0.3 is 6.18 Å². The molecule has 2 aromatic carbocycles. The molecule has 0 amide bonds. The largest absolute Gasteiger partial charge is 0.490 e. The highest BCUT2D eigenvalue weighted by Crippen LogP contribution is 2.45. The van der Waals surface area contributed by atoms with E-state index in [1.165, 1.54) is 37.0 Å². The lowest BCUT2D eigenvalue weighted by Crippen LogP contribution is -2.50. The van der Waals surface area contributed by atoms with E-state index in [0.29, 0.717) is 11.7 Å². The molecule has 0 spiro atoms. The highest BCUT2D eigenvalue weighted by atomic mass is 35.5. The van der Waals surface area contributed by atoms with Gasteiger partial charge in [0.05, 0.1) is 11.7 Å². The van der Waals surface area contributed by atoms with Gasteiger partial charge in [-0.05, 0) is 81.1 Å². The molecule has 1 heterocycles. The lowest BCUT2D eigenvalue weighted by atomic mass is 9.64. The normalized spacial score (nSPS) is 22.5. The van der Waals surface area contributed by atoms with Crippen LogP contribution >= 0.6 is 11.6 Å². The van der Waals surface area contributed by atoms with Gasteiger partial charge in [-0.3, -0.25) is 0 Å². The van der Waals surface area contributed by atoms with Crippen LogP contribution in [0.3, 0.4) is 0 Å². The number of benzene rings is 2. The van der Waals surface area contributed by atoms with Crippen molar-refractivity contribution in [2.75, 3.05) is 19.6 Å². The molecule has 0 bridgehead atoms. The predicted molar refractivity (Wildman–Crippen MR) is 118 cm³/mol. The van der Waals surface area contributed by atoms with Gasteiger partial charge in [-0.25, -0.2) is 0 Å². The number of ether oxygens (including phenoxy) is 1. The van der Waals surface area contributed by atoms with Crippen LogP contribution in [0.5, 0.6) is 5.75 Å². The quantitative estimate of drug-likeness (QED) is 0.470. The molecule has 1 saturated heterocycles. The Bertz CT molecular complexity index is 862. The molecule has 1 saturated carbocycles. The van der Waals surface area contributed by atoms with E-state index in [2.05, 4.69) is 17.0 Å². The Morgan fingerprint density at radius 3 is 2.32 bits per heavy atom. The molecule has 2 atom stereocenters. The van der Waals surface area contributed by atoms with Crippen LogP contribution in [0.4, 0.5) is 13.2 Å². The maximum Gasteiger partial charge on any atom is 0.416 e. The van der Waals surface area contributed by atoms with E-state index < -0.39 is 11.7 Å². The third-order valence-corrected chi connectivity index (χ3v) is 7.25. The number of likely N-dealkylation sites (tertiary alicyclic amines) is 1. The summed E-state index contributed by atoms with van der Waals surface area (Å²) in [7, 11) is 0. The molecule has 2 fully saturated rings. The van der Waals surface area contributed by atoms with Crippen molar-refractivity contribution in [2.24, 2.45) is 5.92 Å². The van der Waals surface area contributed by atoms with E-state index in [1.54, 1.807) is 0 Å². The van der Waals surface area contributed by atoms with Gasteiger partial charge in [0.25, 0.3) is 0 Å². The molecule has 0 N–H and O–H groups in total. The van der Waals surface area contributed by atoms with Crippen LogP contribution in [0, 0.1) is 5.92 Å². The summed E-state index contributed by atoms with van der Waals surface area (Å²) in [6, 6.07) is 13.3. The van der Waals surface area contributed by atoms with Crippen molar-refractivity contribution in [2.45, 2.75) is 56.7 Å². The van der Waals surface area contributed by atoms with Gasteiger partial charge in [0, 0.05) is 29.4 Å². The first-order chi connectivity index (χ1) is 14.7. The molecule has 1 aliphatic carbocycles. The number of halogens is 4. The summed E-state index contributed by atoms with van der Waals surface area (Å²) in [5.41, 5.74) is 0.938. The highest BCUT2D eigenvalue weighted by Gasteiger charge is 2.41. The predicted octanol–water partition coefficient (Wildman–Crippen LogP) is 6.96. The maximum absolute atomic E-state index is 12.8. The fourth-order valence-corrected chi connectivity index (χ4v) is 5.15. The average Bonchev–Trinajstić information content (AvgIpc) is 2.71. The monoisotopic (exact) mass is 451 g/mol. The number of hydrogen-bond acceptors (Lipinski definition) is 2. The number of rotatable bonds is 6. The number of piperidine rings is 1. The first-order valence-electron chi connectivity index (χ1n) is 11.1. The summed E-state index contributed by atoms with van der Waals surface area (Å²) < 4.78 is 44.4. The molecule has 4 rings (SSSR count). The van der Waals surface area contributed by atoms with Crippen molar-refractivity contribution in [1.82, 2.24) is 4.90 Å². The topological polar surface area (TPSA) is 12.5 Å². The van der Waals surface area contributed by atoms with Crippen molar-refractivity contribution < 1.29 is 17.9 Å². The molecule has 6 heteroatoms. The first-order valence-corrected chi connectivity index (χ1v) is 11.5. The lowest BCUT2D eigenvalue weighted by molar-refractivity contribution is -0.137. The van der Waals surface area contributed by atoms with Gasteiger partial charge in [-0.2, -0.15) is 13.2 Å². The Morgan fingerprint density at radius 2 is 1.74 bits per heavy atom. The lowest BCUT2D eigenvalue weighted by Gasteiger charge is -2.48. The Hall–Kier alpha value is -1.72. The third-order valence-electron chi connectivity index (χ3n) is 7.00. The van der Waals surface area contributed by atoms with Gasteiger partial charge < -0.3 is 9.64 Å². The number of nitrogens with zero attached hydrogens (tertiary/aromatic N) is 1. The molecule has 1 aliphatic heterocycles. The highest BCUT2D eigenvalue weighted by molar-refractivity contribution is 6.30. The fraction of sp³-hybridized carbons (Fsp3) is 0.520. The van der Waals surface area contributed by atoms with Crippen molar-refractivity contribution in [3.63, 3.8) is 0 Å². The molecule has 0 radical (unpaired) electrons. The summed E-state index contributed by atoms with van der Waals surface area (Å²) in [6.45, 7) is 5.11. The maximum atomic E-state index is 12.8. The van der Waals surface area contributed by atoms with Gasteiger partial charge in [0.15, 0.2) is 0 Å². The molecule has 2 aliphatic rings. The molecule has 2 nitrogen and oxygen atoms in total. The zero-order valence-corrected chi connectivity index (χ0v) is 18.6. The summed E-state index contributed by atoms with van der Waals surface area (Å²) >= 11 is 6.09. The van der Waals surface area contributed by atoms with Crippen LogP contribution < -0.4 is 4.74 Å². The van der Waals surface area contributed by atoms with Crippen LogP contribution in [0.25, 0.3) is 0 Å². The number of alkyl halides is 3. The van der Waals surface area contributed by atoms with E-state index >= 15 is 0 Å². The van der Waals surface area contributed by atoms with Crippen molar-refractivity contribution >= 4 is 11.6 Å². The van der Waals surface area contributed by atoms with Crippen molar-refractivity contribution in [1.29, 1.82) is 0 Å². The Kier molecular flexibility index (Phi) is 6.55. The molecule has 2 unspecified atom stereocenters. The van der Waals surface area contributed by atoms with Crippen molar-refractivity contribution in [3.8, 4) is 5.75 Å². The minimum absolute atomic E-state index is 0.0487. The van der Waals surface area contributed by atoms with E-state index in [9.17, 15) is 13.2 Å². The second-order valence-electron chi connectivity index (χ2n) is 9.12. The van der Waals surface area contributed by atoms with E-state index in [-0.39, 0.29) is 11.5 Å². The molecular weight excluding hydrogens is 423 g/mol. The van der Waals surface area contributed by atoms with Crippen molar-refractivity contribution in [3.05, 3.63) is 64.7 Å². The molecule has 2 aromatic rings. The van der Waals surface area contributed by atoms with Gasteiger partial charge in [0.2, 0.25) is 0 Å². The zero-order valence-electron chi connectivity index (χ0n) is 17.8. The smallest absolute Gasteiger partial charge is 0.416 e. The summed E-state index contributed by atoms with van der Waals surface area (Å²) in [4.78, 5) is 2.55. The van der Waals surface area contributed by atoms with E-state index in [4.69, 9.17) is 16.3 Å². The second kappa shape index (κ2) is 9.03. The third kappa shape index (κ3) is 5.20. The standard InChI is InChI=1S/C25H29ClF3NO/c1-18(31-23-11-7-21(8-12-23)25(27,28)29)19-4-2-15-30(16-19)17-24(13-3-14-24)20-5-9-22(26)10-6-20/h5-12,18-19H,2-4,13-17H2,1H3. The number of hydrogen-bond donors (Lipinski definition) is 0. The first kappa shape index (κ1) is 22.5. The minimum atomic E-state index is -4.32. The Balaban J connectivity index is 1.37. The Morgan fingerprint density at radius 1 is 1.06 bits per heavy atom. The van der Waals surface area contributed by atoms with Crippen LogP contribution in [0.2, 0.25) is 5.02 Å². The van der Waals surface area contributed by atoms with Gasteiger partial charge in [0.1, 0.15) is 5.75 Å². The molecule has 0 aromatic heterocycles. The van der Waals surface area contributed by atoms with Crippen LogP contribution in [0.1, 0.15) is 50.2 Å². The zero-order chi connectivity index (χ0) is 22.1. The molecule has 168 valence electrons. The molecular formula is C25H29ClF3NO. The minimum Gasteiger partial charge on any atom is -0.490 e. The van der Waals surface area contributed by atoms with Crippen LogP contribution in [-0.4, -0.2) is 30.6 Å². The summed E-state index contributed by atoms with van der Waals surface area (Å²) in [6.07, 6.45) is 1.48. The second-order valence-corrected chi connectivity index (χ2v) is 9.56. The molecule has 31 heavy (non-hydrogen) atoms. The Labute approximate surface area is 187 Å². The summed E-state index contributed by atoms with van der Waals surface area (Å²) in [5, 5.41) is 0.769. The van der Waals surface area contributed by atoms with Crippen LogP contribution in [-0.2, 0) is 11.6 Å². The van der Waals surface area contributed by atoms with E-state index in [0.717, 1.165) is 49.6 Å². The SMILES string of the molecule is CC(Oc1ccc(C(F)(F)F)cc1)C1CCCN(CC2(c3ccc(Cl)cc3)CCC2)C1.